The molecule has 108 valence electrons. The van der Waals surface area contributed by atoms with Crippen LogP contribution in [0, 0.1) is 5.92 Å². The van der Waals surface area contributed by atoms with Crippen LogP contribution in [-0.4, -0.2) is 29.0 Å². The highest BCUT2D eigenvalue weighted by Gasteiger charge is 2.15. The van der Waals surface area contributed by atoms with Gasteiger partial charge in [-0.3, -0.25) is 0 Å². The van der Waals surface area contributed by atoms with Gasteiger partial charge in [-0.2, -0.15) is 0 Å². The van der Waals surface area contributed by atoms with Crippen molar-refractivity contribution in [2.24, 2.45) is 5.92 Å². The van der Waals surface area contributed by atoms with Gasteiger partial charge in [-0.25, -0.2) is 0 Å². The zero-order valence-electron chi connectivity index (χ0n) is 12.1. The highest BCUT2D eigenvalue weighted by Crippen LogP contribution is 2.23. The van der Waals surface area contributed by atoms with Crippen molar-refractivity contribution in [1.82, 2.24) is 4.57 Å². The van der Waals surface area contributed by atoms with E-state index in [1.807, 2.05) is 6.92 Å². The van der Waals surface area contributed by atoms with Crippen LogP contribution in [0.15, 0.2) is 30.5 Å². The smallest absolute Gasteiger partial charge is 0.0552 e. The minimum absolute atomic E-state index is 0.286. The molecule has 20 heavy (non-hydrogen) atoms. The van der Waals surface area contributed by atoms with Crippen LogP contribution in [0.1, 0.15) is 25.3 Å². The number of hydrogen-bond donors (Lipinski definition) is 1. The highest BCUT2D eigenvalue weighted by atomic mass is 16.5. The third kappa shape index (κ3) is 3.05. The summed E-state index contributed by atoms with van der Waals surface area (Å²) in [6, 6.07) is 8.68. The summed E-state index contributed by atoms with van der Waals surface area (Å²) < 4.78 is 7.79. The Hall–Kier alpha value is -1.32. The van der Waals surface area contributed by atoms with Gasteiger partial charge in [-0.05, 0) is 55.2 Å². The van der Waals surface area contributed by atoms with Crippen molar-refractivity contribution in [2.45, 2.75) is 38.8 Å². The number of nitrogens with zero attached hydrogens (tertiary/aromatic N) is 1. The number of rotatable bonds is 4. The lowest BCUT2D eigenvalue weighted by molar-refractivity contribution is 0.0616. The number of aliphatic hydroxyl groups excluding tert-OH is 1. The third-order valence-corrected chi connectivity index (χ3v) is 4.17. The first-order valence-corrected chi connectivity index (χ1v) is 7.56. The van der Waals surface area contributed by atoms with Gasteiger partial charge in [0.25, 0.3) is 0 Å². The quantitative estimate of drug-likeness (QED) is 0.929. The van der Waals surface area contributed by atoms with E-state index < -0.39 is 0 Å². The minimum atomic E-state index is -0.286. The van der Waals surface area contributed by atoms with Crippen LogP contribution in [0.25, 0.3) is 10.9 Å². The molecule has 0 aliphatic carbocycles. The Bertz CT molecular complexity index is 567. The zero-order chi connectivity index (χ0) is 13.9. The fraction of sp³-hybridized carbons (Fsp3) is 0.529. The van der Waals surface area contributed by atoms with Crippen molar-refractivity contribution in [3.8, 4) is 0 Å². The number of hydrogen-bond acceptors (Lipinski definition) is 2. The van der Waals surface area contributed by atoms with Gasteiger partial charge < -0.3 is 14.4 Å². The maximum atomic E-state index is 9.54. The normalized spacial score (nSPS) is 18.5. The zero-order valence-corrected chi connectivity index (χ0v) is 12.1. The molecule has 0 bridgehead atoms. The molecule has 1 aliphatic heterocycles. The fourth-order valence-corrected chi connectivity index (χ4v) is 3.06. The first kappa shape index (κ1) is 13.7. The second-order valence-corrected chi connectivity index (χ2v) is 5.97. The van der Waals surface area contributed by atoms with Crippen molar-refractivity contribution >= 4 is 10.9 Å². The van der Waals surface area contributed by atoms with Gasteiger partial charge in [0.05, 0.1) is 6.10 Å². The molecule has 0 saturated carbocycles. The van der Waals surface area contributed by atoms with Crippen LogP contribution < -0.4 is 0 Å². The van der Waals surface area contributed by atoms with E-state index >= 15 is 0 Å². The summed E-state index contributed by atoms with van der Waals surface area (Å²) in [6.07, 6.45) is 4.94. The highest BCUT2D eigenvalue weighted by molar-refractivity contribution is 5.80. The maximum Gasteiger partial charge on any atom is 0.0552 e. The summed E-state index contributed by atoms with van der Waals surface area (Å²) in [5.41, 5.74) is 2.49. The van der Waals surface area contributed by atoms with E-state index in [9.17, 15) is 5.11 Å². The molecule has 3 rings (SSSR count). The van der Waals surface area contributed by atoms with Crippen molar-refractivity contribution in [3.05, 3.63) is 36.0 Å². The van der Waals surface area contributed by atoms with Crippen molar-refractivity contribution in [3.63, 3.8) is 0 Å². The summed E-state index contributed by atoms with van der Waals surface area (Å²) in [6.45, 7) is 4.71. The molecular formula is C17H23NO2. The van der Waals surface area contributed by atoms with Crippen LogP contribution in [-0.2, 0) is 17.7 Å². The van der Waals surface area contributed by atoms with Crippen LogP contribution >= 0.6 is 0 Å². The maximum absolute atomic E-state index is 9.54. The Morgan fingerprint density at radius 2 is 2.10 bits per heavy atom. The molecule has 3 nitrogen and oxygen atoms in total. The van der Waals surface area contributed by atoms with E-state index in [1.165, 1.54) is 16.5 Å². The Labute approximate surface area is 120 Å². The molecular weight excluding hydrogens is 250 g/mol. The number of aliphatic hydroxyl groups is 1. The Morgan fingerprint density at radius 1 is 1.30 bits per heavy atom. The van der Waals surface area contributed by atoms with Gasteiger partial charge in [0, 0.05) is 31.5 Å². The molecule has 1 saturated heterocycles. The van der Waals surface area contributed by atoms with Crippen LogP contribution in [0.3, 0.4) is 0 Å². The average Bonchev–Trinajstić information content (AvgIpc) is 2.82. The predicted octanol–water partition coefficient (Wildman–Crippen LogP) is 2.99. The summed E-state index contributed by atoms with van der Waals surface area (Å²) >= 11 is 0. The van der Waals surface area contributed by atoms with E-state index in [0.29, 0.717) is 0 Å². The lowest BCUT2D eigenvalue weighted by Crippen LogP contribution is -2.20. The molecule has 1 atom stereocenters. The number of aromatic nitrogens is 1. The Kier molecular flexibility index (Phi) is 4.08. The molecule has 2 aromatic rings. The van der Waals surface area contributed by atoms with Crippen LogP contribution in [0.4, 0.5) is 0 Å². The van der Waals surface area contributed by atoms with E-state index in [0.717, 1.165) is 44.9 Å². The molecule has 1 aromatic heterocycles. The molecule has 0 spiro atoms. The SMILES string of the molecule is CC(O)Cc1ccc2ccn(CC3CCOCC3)c2c1. The van der Waals surface area contributed by atoms with Gasteiger partial charge in [-0.15, -0.1) is 0 Å². The fourth-order valence-electron chi connectivity index (χ4n) is 3.06. The summed E-state index contributed by atoms with van der Waals surface area (Å²) in [5, 5.41) is 10.8. The second kappa shape index (κ2) is 5.98. The van der Waals surface area contributed by atoms with Gasteiger partial charge >= 0.3 is 0 Å². The number of benzene rings is 1. The van der Waals surface area contributed by atoms with Gasteiger partial charge in [0.15, 0.2) is 0 Å². The van der Waals surface area contributed by atoms with Crippen LogP contribution in [0.2, 0.25) is 0 Å². The van der Waals surface area contributed by atoms with Gasteiger partial charge in [0.2, 0.25) is 0 Å². The number of fused-ring (bicyclic) bond motifs is 1. The van der Waals surface area contributed by atoms with E-state index in [4.69, 9.17) is 4.74 Å². The summed E-state index contributed by atoms with van der Waals surface area (Å²) in [5.74, 6) is 0.722. The van der Waals surface area contributed by atoms with E-state index in [2.05, 4.69) is 35.0 Å². The predicted molar refractivity (Wildman–Crippen MR) is 80.9 cm³/mol. The van der Waals surface area contributed by atoms with E-state index in [-0.39, 0.29) is 6.10 Å². The topological polar surface area (TPSA) is 34.4 Å². The standard InChI is InChI=1S/C17H23NO2/c1-13(19)10-15-2-3-16-4-7-18(17(16)11-15)12-14-5-8-20-9-6-14/h2-4,7,11,13-14,19H,5-6,8-10,12H2,1H3. The lowest BCUT2D eigenvalue weighted by atomic mass is 10.0. The van der Waals surface area contributed by atoms with Crippen molar-refractivity contribution < 1.29 is 9.84 Å². The second-order valence-electron chi connectivity index (χ2n) is 5.97. The first-order valence-electron chi connectivity index (χ1n) is 7.56. The molecule has 2 heterocycles. The summed E-state index contributed by atoms with van der Waals surface area (Å²) in [7, 11) is 0. The van der Waals surface area contributed by atoms with Gasteiger partial charge in [-0.1, -0.05) is 12.1 Å². The molecule has 0 amide bonds. The van der Waals surface area contributed by atoms with E-state index in [1.54, 1.807) is 0 Å². The molecule has 1 aromatic carbocycles. The molecule has 3 heteroatoms. The van der Waals surface area contributed by atoms with Crippen molar-refractivity contribution in [2.75, 3.05) is 13.2 Å². The number of ether oxygens (including phenoxy) is 1. The Balaban J connectivity index is 1.82. The average molecular weight is 273 g/mol. The van der Waals surface area contributed by atoms with Crippen molar-refractivity contribution in [1.29, 1.82) is 0 Å². The van der Waals surface area contributed by atoms with Gasteiger partial charge in [0.1, 0.15) is 0 Å². The largest absolute Gasteiger partial charge is 0.393 e. The molecule has 1 fully saturated rings. The molecule has 1 N–H and O–H groups in total. The Morgan fingerprint density at radius 3 is 2.85 bits per heavy atom. The third-order valence-electron chi connectivity index (χ3n) is 4.17. The first-order chi connectivity index (χ1) is 9.72. The molecule has 1 unspecified atom stereocenters. The van der Waals surface area contributed by atoms with Crippen LogP contribution in [0.5, 0.6) is 0 Å². The minimum Gasteiger partial charge on any atom is -0.393 e. The molecule has 0 radical (unpaired) electrons. The summed E-state index contributed by atoms with van der Waals surface area (Å²) in [4.78, 5) is 0. The monoisotopic (exact) mass is 273 g/mol. The lowest BCUT2D eigenvalue weighted by Gasteiger charge is -2.23. The molecule has 1 aliphatic rings.